The Balaban J connectivity index is 1.81. The Bertz CT molecular complexity index is 1370. The molecule has 156 valence electrons. The van der Waals surface area contributed by atoms with Crippen LogP contribution in [0.2, 0.25) is 0 Å². The Kier molecular flexibility index (Phi) is 5.39. The molecule has 0 spiro atoms. The van der Waals surface area contributed by atoms with Crippen molar-refractivity contribution >= 4 is 39.1 Å². The largest absolute Gasteiger partial charge is 0.478 e. The Morgan fingerprint density at radius 1 is 1.13 bits per heavy atom. The number of carbonyl (C=O) groups is 2. The molecule has 2 aromatic carbocycles. The molecular weight excluding hydrogens is 414 g/mol. The fraction of sp³-hybridized carbons (Fsp3) is 0.130. The Hall–Kier alpha value is -3.78. The van der Waals surface area contributed by atoms with Crippen LogP contribution in [0.15, 0.2) is 58.7 Å². The van der Waals surface area contributed by atoms with Crippen molar-refractivity contribution in [3.05, 3.63) is 81.0 Å². The zero-order valence-electron chi connectivity index (χ0n) is 16.9. The predicted molar refractivity (Wildman–Crippen MR) is 121 cm³/mol. The molecule has 0 aliphatic heterocycles. The van der Waals surface area contributed by atoms with Gasteiger partial charge in [-0.2, -0.15) is 0 Å². The Morgan fingerprint density at radius 2 is 1.87 bits per heavy atom. The first-order valence-corrected chi connectivity index (χ1v) is 10.4. The maximum Gasteiger partial charge on any atom is 0.337 e. The molecule has 7 nitrogen and oxygen atoms in total. The number of aryl methyl sites for hydroxylation is 2. The lowest BCUT2D eigenvalue weighted by atomic mass is 10.1. The average Bonchev–Trinajstić information content (AvgIpc) is 3.17. The van der Waals surface area contributed by atoms with Crippen LogP contribution in [0.4, 0.5) is 5.69 Å². The van der Waals surface area contributed by atoms with E-state index in [-0.39, 0.29) is 17.5 Å². The summed E-state index contributed by atoms with van der Waals surface area (Å²) >= 11 is 1.09. The van der Waals surface area contributed by atoms with Gasteiger partial charge in [-0.25, -0.2) is 9.78 Å². The first-order valence-electron chi connectivity index (χ1n) is 9.53. The van der Waals surface area contributed by atoms with E-state index in [4.69, 9.17) is 0 Å². The highest BCUT2D eigenvalue weighted by atomic mass is 32.1. The van der Waals surface area contributed by atoms with Gasteiger partial charge in [0.25, 0.3) is 5.56 Å². The zero-order valence-corrected chi connectivity index (χ0v) is 17.7. The van der Waals surface area contributed by atoms with Crippen LogP contribution >= 0.6 is 11.3 Å². The van der Waals surface area contributed by atoms with E-state index in [1.165, 1.54) is 9.95 Å². The van der Waals surface area contributed by atoms with E-state index in [0.29, 0.717) is 21.9 Å². The minimum absolute atomic E-state index is 0.0106. The molecule has 0 radical (unpaired) electrons. The molecule has 0 saturated carbocycles. The van der Waals surface area contributed by atoms with Crippen molar-refractivity contribution in [1.82, 2.24) is 9.55 Å². The summed E-state index contributed by atoms with van der Waals surface area (Å²) < 4.78 is 1.23. The number of carbonyl (C=O) groups excluding carboxylic acids is 1. The van der Waals surface area contributed by atoms with Crippen LogP contribution < -0.4 is 10.9 Å². The molecule has 2 N–H and O–H groups in total. The van der Waals surface area contributed by atoms with Crippen LogP contribution in [0.5, 0.6) is 0 Å². The van der Waals surface area contributed by atoms with Gasteiger partial charge in [-0.3, -0.25) is 14.2 Å². The van der Waals surface area contributed by atoms with Crippen LogP contribution in [0, 0.1) is 13.8 Å². The summed E-state index contributed by atoms with van der Waals surface area (Å²) in [5.74, 6) is -1.30. The molecule has 0 unspecified atom stereocenters. The van der Waals surface area contributed by atoms with Crippen LogP contribution in [0.3, 0.4) is 0 Å². The first kappa shape index (κ1) is 20.5. The number of hydrogen-bond donors (Lipinski definition) is 2. The lowest BCUT2D eigenvalue weighted by molar-refractivity contribution is -0.116. The number of carboxylic acid groups (broad SMARTS) is 1. The number of fused-ring (bicyclic) bond motifs is 1. The van der Waals surface area contributed by atoms with Gasteiger partial charge in [0.05, 0.1) is 10.9 Å². The van der Waals surface area contributed by atoms with E-state index >= 15 is 0 Å². The topological polar surface area (TPSA) is 101 Å². The molecule has 31 heavy (non-hydrogen) atoms. The molecule has 0 bridgehead atoms. The molecule has 4 aromatic rings. The molecule has 0 aliphatic rings. The number of nitrogens with zero attached hydrogens (tertiary/aromatic N) is 2. The van der Waals surface area contributed by atoms with Crippen LogP contribution in [0.1, 0.15) is 21.5 Å². The maximum absolute atomic E-state index is 13.3. The van der Waals surface area contributed by atoms with Gasteiger partial charge in [-0.05, 0) is 25.5 Å². The van der Waals surface area contributed by atoms with E-state index in [1.54, 1.807) is 12.1 Å². The summed E-state index contributed by atoms with van der Waals surface area (Å²) in [6, 6.07) is 14.7. The SMILES string of the molecule is Cc1ccc(NC(=O)Cn2c(-c3ccccc3)nc3scc(C(=O)O)c3c2=O)c(C)c1. The zero-order chi connectivity index (χ0) is 22.1. The second kappa shape index (κ2) is 8.16. The first-order chi connectivity index (χ1) is 14.8. The minimum atomic E-state index is -1.20. The minimum Gasteiger partial charge on any atom is -0.478 e. The van der Waals surface area contributed by atoms with E-state index in [9.17, 15) is 19.5 Å². The highest BCUT2D eigenvalue weighted by molar-refractivity contribution is 7.17. The molecular formula is C23H19N3O4S. The number of aromatic nitrogens is 2. The monoisotopic (exact) mass is 433 g/mol. The molecule has 0 atom stereocenters. The lowest BCUT2D eigenvalue weighted by Gasteiger charge is -2.14. The fourth-order valence-corrected chi connectivity index (χ4v) is 4.33. The second-order valence-corrected chi connectivity index (χ2v) is 8.05. The fourth-order valence-electron chi connectivity index (χ4n) is 3.42. The molecule has 0 fully saturated rings. The number of benzene rings is 2. The van der Waals surface area contributed by atoms with E-state index in [2.05, 4.69) is 10.3 Å². The Morgan fingerprint density at radius 3 is 2.55 bits per heavy atom. The van der Waals surface area contributed by atoms with Gasteiger partial charge in [0.1, 0.15) is 17.2 Å². The van der Waals surface area contributed by atoms with E-state index < -0.39 is 17.4 Å². The normalized spacial score (nSPS) is 10.9. The quantitative estimate of drug-likeness (QED) is 0.494. The molecule has 2 heterocycles. The Labute approximate surface area is 181 Å². The molecule has 0 aliphatic carbocycles. The summed E-state index contributed by atoms with van der Waals surface area (Å²) in [6.07, 6.45) is 0. The van der Waals surface area contributed by atoms with Crippen molar-refractivity contribution in [3.63, 3.8) is 0 Å². The molecule has 0 saturated heterocycles. The van der Waals surface area contributed by atoms with Gasteiger partial charge in [0.2, 0.25) is 5.91 Å². The van der Waals surface area contributed by atoms with Crippen molar-refractivity contribution in [2.45, 2.75) is 20.4 Å². The van der Waals surface area contributed by atoms with Crippen LogP contribution in [-0.2, 0) is 11.3 Å². The molecule has 4 rings (SSSR count). The number of thiophene rings is 1. The number of rotatable bonds is 5. The number of nitrogens with one attached hydrogen (secondary N) is 1. The predicted octanol–water partition coefficient (Wildman–Crippen LogP) is 4.08. The summed E-state index contributed by atoms with van der Waals surface area (Å²) in [5.41, 5.74) is 2.63. The highest BCUT2D eigenvalue weighted by Gasteiger charge is 2.21. The second-order valence-electron chi connectivity index (χ2n) is 7.19. The third kappa shape index (κ3) is 3.97. The van der Waals surface area contributed by atoms with Gasteiger partial charge in [-0.1, -0.05) is 48.0 Å². The third-order valence-corrected chi connectivity index (χ3v) is 5.79. The smallest absolute Gasteiger partial charge is 0.337 e. The van der Waals surface area contributed by atoms with Gasteiger partial charge < -0.3 is 10.4 Å². The van der Waals surface area contributed by atoms with Crippen LogP contribution in [-0.4, -0.2) is 26.5 Å². The standard InChI is InChI=1S/C23H19N3O4S/c1-13-8-9-17(14(2)10-13)24-18(27)11-26-20(15-6-4-3-5-7-15)25-21-19(22(26)28)16(12-31-21)23(29)30/h3-10,12H,11H2,1-2H3,(H,24,27)(H,29,30). The number of hydrogen-bond acceptors (Lipinski definition) is 5. The summed E-state index contributed by atoms with van der Waals surface area (Å²) in [6.45, 7) is 3.56. The lowest BCUT2D eigenvalue weighted by Crippen LogP contribution is -2.30. The summed E-state index contributed by atoms with van der Waals surface area (Å²) in [4.78, 5) is 42.6. The van der Waals surface area contributed by atoms with Crippen molar-refractivity contribution in [2.24, 2.45) is 0 Å². The van der Waals surface area contributed by atoms with Crippen molar-refractivity contribution in [3.8, 4) is 11.4 Å². The van der Waals surface area contributed by atoms with Crippen molar-refractivity contribution < 1.29 is 14.7 Å². The van der Waals surface area contributed by atoms with Gasteiger partial charge in [-0.15, -0.1) is 11.3 Å². The molecule has 2 aromatic heterocycles. The number of carboxylic acids is 1. The van der Waals surface area contributed by atoms with Gasteiger partial charge >= 0.3 is 5.97 Å². The van der Waals surface area contributed by atoms with E-state index in [1.807, 2.05) is 50.2 Å². The number of anilines is 1. The summed E-state index contributed by atoms with van der Waals surface area (Å²) in [5, 5.41) is 13.7. The van der Waals surface area contributed by atoms with E-state index in [0.717, 1.165) is 22.5 Å². The highest BCUT2D eigenvalue weighted by Crippen LogP contribution is 2.25. The number of aromatic carboxylic acids is 1. The van der Waals surface area contributed by atoms with Crippen molar-refractivity contribution in [2.75, 3.05) is 5.32 Å². The van der Waals surface area contributed by atoms with Crippen LogP contribution in [0.25, 0.3) is 21.6 Å². The summed E-state index contributed by atoms with van der Waals surface area (Å²) in [7, 11) is 0. The van der Waals surface area contributed by atoms with Gasteiger partial charge in [0.15, 0.2) is 0 Å². The maximum atomic E-state index is 13.3. The van der Waals surface area contributed by atoms with Gasteiger partial charge in [0, 0.05) is 16.6 Å². The third-order valence-electron chi connectivity index (χ3n) is 4.91. The average molecular weight is 433 g/mol. The molecule has 1 amide bonds. The van der Waals surface area contributed by atoms with Crippen molar-refractivity contribution in [1.29, 1.82) is 0 Å². The molecule has 8 heteroatoms. The number of amides is 1.